The highest BCUT2D eigenvalue weighted by atomic mass is 16.5. The van der Waals surface area contributed by atoms with Gasteiger partial charge < -0.3 is 10.1 Å². The monoisotopic (exact) mass is 308 g/mol. The van der Waals surface area contributed by atoms with E-state index >= 15 is 0 Å². The number of hydrogen-bond acceptors (Lipinski definition) is 4. The van der Waals surface area contributed by atoms with Gasteiger partial charge in [0.25, 0.3) is 5.91 Å². The van der Waals surface area contributed by atoms with Gasteiger partial charge in [-0.3, -0.25) is 4.79 Å². The van der Waals surface area contributed by atoms with Crippen molar-refractivity contribution in [1.82, 2.24) is 0 Å². The molecule has 0 unspecified atom stereocenters. The van der Waals surface area contributed by atoms with Gasteiger partial charge in [0, 0.05) is 5.69 Å². The Kier molecular flexibility index (Phi) is 5.11. The number of esters is 1. The van der Waals surface area contributed by atoms with Gasteiger partial charge in [0.05, 0.1) is 17.2 Å². The lowest BCUT2D eigenvalue weighted by molar-refractivity contribution is -0.123. The predicted octanol–water partition coefficient (Wildman–Crippen LogP) is 3.05. The molecular formula is C18H16N2O3. The summed E-state index contributed by atoms with van der Waals surface area (Å²) in [5.41, 5.74) is 2.47. The molecule has 5 heteroatoms. The number of hydrogen-bond donors (Lipinski definition) is 1. The minimum Gasteiger partial charge on any atom is -0.449 e. The molecule has 0 fully saturated rings. The highest BCUT2D eigenvalue weighted by molar-refractivity contribution is 5.97. The second-order valence-electron chi connectivity index (χ2n) is 5.09. The van der Waals surface area contributed by atoms with E-state index in [1.54, 1.807) is 48.5 Å². The summed E-state index contributed by atoms with van der Waals surface area (Å²) in [6.07, 6.45) is -0.931. The molecule has 5 nitrogen and oxygen atoms in total. The van der Waals surface area contributed by atoms with Crippen LogP contribution < -0.4 is 5.32 Å². The van der Waals surface area contributed by atoms with Crippen molar-refractivity contribution in [3.8, 4) is 6.07 Å². The van der Waals surface area contributed by atoms with Gasteiger partial charge in [-0.15, -0.1) is 0 Å². The van der Waals surface area contributed by atoms with Crippen molar-refractivity contribution in [3.05, 3.63) is 65.2 Å². The molecule has 0 spiro atoms. The molecule has 23 heavy (non-hydrogen) atoms. The van der Waals surface area contributed by atoms with Crippen LogP contribution in [0.4, 0.5) is 5.69 Å². The van der Waals surface area contributed by atoms with Crippen LogP contribution in [-0.2, 0) is 9.53 Å². The highest BCUT2D eigenvalue weighted by Gasteiger charge is 2.19. The van der Waals surface area contributed by atoms with Crippen LogP contribution in [0.1, 0.15) is 28.4 Å². The molecule has 2 aromatic rings. The molecule has 2 aromatic carbocycles. The van der Waals surface area contributed by atoms with Gasteiger partial charge in [-0.1, -0.05) is 17.7 Å². The first-order valence-corrected chi connectivity index (χ1v) is 7.08. The quantitative estimate of drug-likeness (QED) is 0.880. The van der Waals surface area contributed by atoms with E-state index in [-0.39, 0.29) is 0 Å². The van der Waals surface area contributed by atoms with Crippen molar-refractivity contribution in [2.24, 2.45) is 0 Å². The summed E-state index contributed by atoms with van der Waals surface area (Å²) in [6.45, 7) is 3.42. The molecule has 0 aromatic heterocycles. The SMILES string of the molecule is Cc1ccc(C(=O)O[C@@H](C)C(=O)Nc2ccc(C#N)cc2)cc1. The largest absolute Gasteiger partial charge is 0.449 e. The van der Waals surface area contributed by atoms with Crippen molar-refractivity contribution in [2.75, 3.05) is 5.32 Å². The lowest BCUT2D eigenvalue weighted by Crippen LogP contribution is -2.30. The van der Waals surface area contributed by atoms with Gasteiger partial charge in [-0.25, -0.2) is 4.79 Å². The Morgan fingerprint density at radius 1 is 1.09 bits per heavy atom. The van der Waals surface area contributed by atoms with Crippen molar-refractivity contribution in [2.45, 2.75) is 20.0 Å². The Morgan fingerprint density at radius 2 is 1.70 bits per heavy atom. The number of amides is 1. The molecule has 116 valence electrons. The van der Waals surface area contributed by atoms with E-state index in [4.69, 9.17) is 10.00 Å². The predicted molar refractivity (Wildman–Crippen MR) is 85.8 cm³/mol. The lowest BCUT2D eigenvalue weighted by atomic mass is 10.1. The second kappa shape index (κ2) is 7.23. The summed E-state index contributed by atoms with van der Waals surface area (Å²) in [7, 11) is 0. The Hall–Kier alpha value is -3.13. The molecule has 0 bridgehead atoms. The number of aryl methyl sites for hydroxylation is 1. The molecule has 0 saturated carbocycles. The van der Waals surface area contributed by atoms with Gasteiger partial charge in [-0.05, 0) is 50.2 Å². The third-order valence-electron chi connectivity index (χ3n) is 3.22. The van der Waals surface area contributed by atoms with Gasteiger partial charge in [0.1, 0.15) is 0 Å². The average molecular weight is 308 g/mol. The number of carbonyl (C=O) groups excluding carboxylic acids is 2. The maximum atomic E-state index is 12.0. The van der Waals surface area contributed by atoms with Crippen LogP contribution in [-0.4, -0.2) is 18.0 Å². The van der Waals surface area contributed by atoms with Crippen LogP contribution in [0.3, 0.4) is 0 Å². The second-order valence-corrected chi connectivity index (χ2v) is 5.09. The fourth-order valence-electron chi connectivity index (χ4n) is 1.84. The number of nitrogens with zero attached hydrogens (tertiary/aromatic N) is 1. The highest BCUT2D eigenvalue weighted by Crippen LogP contribution is 2.11. The molecule has 0 radical (unpaired) electrons. The third kappa shape index (κ3) is 4.42. The van der Waals surface area contributed by atoms with Crippen LogP contribution in [0.2, 0.25) is 0 Å². The summed E-state index contributed by atoms with van der Waals surface area (Å²) in [4.78, 5) is 24.0. The smallest absolute Gasteiger partial charge is 0.338 e. The molecule has 2 rings (SSSR count). The number of nitriles is 1. The number of nitrogens with one attached hydrogen (secondary N) is 1. The van der Waals surface area contributed by atoms with E-state index in [2.05, 4.69) is 5.32 Å². The van der Waals surface area contributed by atoms with Crippen molar-refractivity contribution in [1.29, 1.82) is 5.26 Å². The molecule has 1 amide bonds. The van der Waals surface area contributed by atoms with Crippen molar-refractivity contribution >= 4 is 17.6 Å². The van der Waals surface area contributed by atoms with Crippen LogP contribution in [0, 0.1) is 18.3 Å². The molecule has 1 atom stereocenters. The molecule has 0 heterocycles. The summed E-state index contributed by atoms with van der Waals surface area (Å²) in [6, 6.07) is 15.3. The summed E-state index contributed by atoms with van der Waals surface area (Å²) in [5.74, 6) is -0.984. The number of ether oxygens (including phenoxy) is 1. The zero-order chi connectivity index (χ0) is 16.8. The van der Waals surface area contributed by atoms with Crippen molar-refractivity contribution < 1.29 is 14.3 Å². The van der Waals surface area contributed by atoms with Crippen molar-refractivity contribution in [3.63, 3.8) is 0 Å². The molecule has 0 saturated heterocycles. The maximum absolute atomic E-state index is 12.0. The molecule has 0 aliphatic carbocycles. The van der Waals surface area contributed by atoms with E-state index in [1.807, 2.05) is 13.0 Å². The van der Waals surface area contributed by atoms with Crippen LogP contribution in [0.15, 0.2) is 48.5 Å². The Balaban J connectivity index is 1.95. The van der Waals surface area contributed by atoms with Gasteiger partial charge in [-0.2, -0.15) is 5.26 Å². The van der Waals surface area contributed by atoms with Gasteiger partial charge >= 0.3 is 5.97 Å². The van der Waals surface area contributed by atoms with E-state index in [0.717, 1.165) is 5.56 Å². The zero-order valence-corrected chi connectivity index (χ0v) is 12.9. The standard InChI is InChI=1S/C18H16N2O3/c1-12-3-7-15(8-4-12)18(22)23-13(2)17(21)20-16-9-5-14(11-19)6-10-16/h3-10,13H,1-2H3,(H,20,21)/t13-/m0/s1. The van der Waals surface area contributed by atoms with Gasteiger partial charge in [0.2, 0.25) is 0 Å². The zero-order valence-electron chi connectivity index (χ0n) is 12.9. The first-order valence-electron chi connectivity index (χ1n) is 7.08. The topological polar surface area (TPSA) is 79.2 Å². The van der Waals surface area contributed by atoms with Crippen LogP contribution >= 0.6 is 0 Å². The number of anilines is 1. The lowest BCUT2D eigenvalue weighted by Gasteiger charge is -2.13. The minimum atomic E-state index is -0.931. The van der Waals surface area contributed by atoms with E-state index < -0.39 is 18.0 Å². The number of carbonyl (C=O) groups is 2. The normalized spacial score (nSPS) is 11.2. The molecule has 0 aliphatic rings. The fourth-order valence-corrected chi connectivity index (χ4v) is 1.84. The Bertz CT molecular complexity index is 743. The third-order valence-corrected chi connectivity index (χ3v) is 3.22. The fraction of sp³-hybridized carbons (Fsp3) is 0.167. The van der Waals surface area contributed by atoms with Gasteiger partial charge in [0.15, 0.2) is 6.10 Å². The first kappa shape index (κ1) is 16.2. The molecule has 1 N–H and O–H groups in total. The summed E-state index contributed by atoms with van der Waals surface area (Å²) < 4.78 is 5.15. The van der Waals surface area contributed by atoms with E-state index in [9.17, 15) is 9.59 Å². The summed E-state index contributed by atoms with van der Waals surface area (Å²) in [5, 5.41) is 11.4. The minimum absolute atomic E-state index is 0.397. The maximum Gasteiger partial charge on any atom is 0.338 e. The first-order chi connectivity index (χ1) is 11.0. The summed E-state index contributed by atoms with van der Waals surface area (Å²) >= 11 is 0. The number of benzene rings is 2. The molecular weight excluding hydrogens is 292 g/mol. The Labute approximate surface area is 134 Å². The Morgan fingerprint density at radius 3 is 2.26 bits per heavy atom. The van der Waals surface area contributed by atoms with E-state index in [1.165, 1.54) is 6.92 Å². The number of rotatable bonds is 4. The molecule has 0 aliphatic heterocycles. The van der Waals surface area contributed by atoms with Crippen LogP contribution in [0.5, 0.6) is 0 Å². The average Bonchev–Trinajstić information content (AvgIpc) is 2.56. The van der Waals surface area contributed by atoms with Crippen LogP contribution in [0.25, 0.3) is 0 Å². The van der Waals surface area contributed by atoms with E-state index in [0.29, 0.717) is 16.8 Å².